The van der Waals surface area contributed by atoms with Crippen LogP contribution in [0, 0.1) is 32.1 Å². The van der Waals surface area contributed by atoms with Crippen LogP contribution in [0.1, 0.15) is 28.7 Å². The van der Waals surface area contributed by atoms with Crippen molar-refractivity contribution in [3.05, 3.63) is 74.7 Å². The lowest BCUT2D eigenvalue weighted by Gasteiger charge is -2.13. The summed E-state index contributed by atoms with van der Waals surface area (Å²) >= 11 is 0. The molecule has 8 heteroatoms. The van der Waals surface area contributed by atoms with E-state index in [1.807, 2.05) is 45.0 Å². The lowest BCUT2D eigenvalue weighted by Crippen LogP contribution is -2.27. The Labute approximate surface area is 192 Å². The number of hydrogen-bond acceptors (Lipinski definition) is 6. The summed E-state index contributed by atoms with van der Waals surface area (Å²) in [6, 6.07) is 11.1. The Morgan fingerprint density at radius 1 is 1.24 bits per heavy atom. The third-order valence-corrected chi connectivity index (χ3v) is 5.05. The van der Waals surface area contributed by atoms with Crippen molar-refractivity contribution in [1.29, 1.82) is 5.26 Å². The monoisotopic (exact) mass is 446 g/mol. The average Bonchev–Trinajstić information content (AvgIpc) is 2.79. The summed E-state index contributed by atoms with van der Waals surface area (Å²) in [4.78, 5) is 30.4. The van der Waals surface area contributed by atoms with Gasteiger partial charge in [-0.2, -0.15) is 10.2 Å². The molecule has 0 spiro atoms. The standard InChI is InChI=1S/C25H26N4O4/c1-16-8-9-21(18(3)13-16)33-24-20(14-19(15-26)23(30)27-10-6-12-32-4)25(31)29-11-5-7-17(2)22(29)28-24/h5,7-9,11,13-14H,6,10,12H2,1-4H3,(H,27,30). The van der Waals surface area contributed by atoms with E-state index in [0.29, 0.717) is 31.0 Å². The highest BCUT2D eigenvalue weighted by Crippen LogP contribution is 2.27. The summed E-state index contributed by atoms with van der Waals surface area (Å²) in [6.45, 7) is 6.53. The first kappa shape index (κ1) is 23.7. The minimum atomic E-state index is -0.584. The number of ether oxygens (including phenoxy) is 2. The molecule has 0 aliphatic rings. The summed E-state index contributed by atoms with van der Waals surface area (Å²) < 4.78 is 12.4. The molecular weight excluding hydrogens is 420 g/mol. The number of hydrogen-bond donors (Lipinski definition) is 1. The molecule has 0 saturated carbocycles. The van der Waals surface area contributed by atoms with Crippen molar-refractivity contribution in [1.82, 2.24) is 14.7 Å². The van der Waals surface area contributed by atoms with Gasteiger partial charge in [-0.05, 0) is 56.5 Å². The van der Waals surface area contributed by atoms with Crippen LogP contribution in [0.2, 0.25) is 0 Å². The molecule has 8 nitrogen and oxygen atoms in total. The Bertz CT molecular complexity index is 1320. The summed E-state index contributed by atoms with van der Waals surface area (Å²) in [6.07, 6.45) is 3.42. The third-order valence-electron chi connectivity index (χ3n) is 5.05. The van der Waals surface area contributed by atoms with Crippen molar-refractivity contribution < 1.29 is 14.3 Å². The van der Waals surface area contributed by atoms with E-state index in [4.69, 9.17) is 9.47 Å². The topological polar surface area (TPSA) is 106 Å². The Kier molecular flexibility index (Phi) is 7.59. The highest BCUT2D eigenvalue weighted by Gasteiger charge is 2.18. The number of rotatable bonds is 8. The van der Waals surface area contributed by atoms with Gasteiger partial charge in [0.2, 0.25) is 5.88 Å². The molecule has 3 aromatic rings. The number of methoxy groups -OCH3 is 1. The van der Waals surface area contributed by atoms with E-state index in [1.165, 1.54) is 10.5 Å². The van der Waals surface area contributed by atoms with E-state index in [2.05, 4.69) is 10.3 Å². The maximum absolute atomic E-state index is 13.3. The molecule has 0 aliphatic carbocycles. The molecule has 33 heavy (non-hydrogen) atoms. The zero-order chi connectivity index (χ0) is 24.0. The third kappa shape index (κ3) is 5.45. The first-order valence-corrected chi connectivity index (χ1v) is 10.5. The second kappa shape index (κ2) is 10.6. The zero-order valence-corrected chi connectivity index (χ0v) is 19.1. The van der Waals surface area contributed by atoms with Crippen LogP contribution in [0.15, 0.2) is 46.9 Å². The van der Waals surface area contributed by atoms with Crippen LogP contribution in [0.5, 0.6) is 11.6 Å². The van der Waals surface area contributed by atoms with Gasteiger partial charge in [0.15, 0.2) is 0 Å². The number of benzene rings is 1. The molecule has 0 fully saturated rings. The zero-order valence-electron chi connectivity index (χ0n) is 19.1. The molecule has 0 atom stereocenters. The van der Waals surface area contributed by atoms with Crippen molar-refractivity contribution in [2.45, 2.75) is 27.2 Å². The van der Waals surface area contributed by atoms with Gasteiger partial charge in [0, 0.05) is 26.5 Å². The second-order valence-electron chi connectivity index (χ2n) is 7.66. The van der Waals surface area contributed by atoms with Gasteiger partial charge in [-0.3, -0.25) is 14.0 Å². The van der Waals surface area contributed by atoms with E-state index in [0.717, 1.165) is 16.7 Å². The van der Waals surface area contributed by atoms with Gasteiger partial charge < -0.3 is 14.8 Å². The maximum Gasteiger partial charge on any atom is 0.269 e. The number of nitriles is 1. The van der Waals surface area contributed by atoms with Gasteiger partial charge in [0.25, 0.3) is 11.5 Å². The molecule has 1 amide bonds. The molecule has 2 heterocycles. The molecule has 0 saturated heterocycles. The van der Waals surface area contributed by atoms with Crippen LogP contribution < -0.4 is 15.6 Å². The van der Waals surface area contributed by atoms with Gasteiger partial charge in [-0.15, -0.1) is 0 Å². The summed E-state index contributed by atoms with van der Waals surface area (Å²) in [7, 11) is 1.57. The van der Waals surface area contributed by atoms with E-state index < -0.39 is 11.5 Å². The molecule has 2 aromatic heterocycles. The molecule has 3 rings (SSSR count). The lowest BCUT2D eigenvalue weighted by atomic mass is 10.1. The lowest BCUT2D eigenvalue weighted by molar-refractivity contribution is -0.117. The quantitative estimate of drug-likeness (QED) is 0.323. The second-order valence-corrected chi connectivity index (χ2v) is 7.66. The highest BCUT2D eigenvalue weighted by molar-refractivity contribution is 6.01. The van der Waals surface area contributed by atoms with E-state index in [9.17, 15) is 14.9 Å². The highest BCUT2D eigenvalue weighted by atomic mass is 16.5. The minimum absolute atomic E-state index is 0.0154. The molecule has 1 N–H and O–H groups in total. The number of carbonyl (C=O) groups is 1. The van der Waals surface area contributed by atoms with E-state index >= 15 is 0 Å². The summed E-state index contributed by atoms with van der Waals surface area (Å²) in [5.74, 6) is -0.0244. The Hall–Kier alpha value is -3.96. The van der Waals surface area contributed by atoms with Gasteiger partial charge in [-0.25, -0.2) is 0 Å². The minimum Gasteiger partial charge on any atom is -0.438 e. The first-order chi connectivity index (χ1) is 15.8. The summed E-state index contributed by atoms with van der Waals surface area (Å²) in [5, 5.41) is 12.2. The largest absolute Gasteiger partial charge is 0.438 e. The number of amides is 1. The average molecular weight is 447 g/mol. The van der Waals surface area contributed by atoms with Crippen LogP contribution in [-0.4, -0.2) is 35.6 Å². The Morgan fingerprint density at radius 3 is 2.73 bits per heavy atom. The molecule has 0 bridgehead atoms. The van der Waals surface area contributed by atoms with Gasteiger partial charge in [0.1, 0.15) is 28.6 Å². The predicted molar refractivity (Wildman–Crippen MR) is 125 cm³/mol. The normalized spacial score (nSPS) is 11.3. The number of carbonyl (C=O) groups excluding carboxylic acids is 1. The number of aromatic nitrogens is 2. The van der Waals surface area contributed by atoms with Crippen molar-refractivity contribution in [2.24, 2.45) is 0 Å². The van der Waals surface area contributed by atoms with Crippen molar-refractivity contribution in [2.75, 3.05) is 20.3 Å². The predicted octanol–water partition coefficient (Wildman–Crippen LogP) is 3.47. The van der Waals surface area contributed by atoms with Gasteiger partial charge in [0.05, 0.1) is 0 Å². The number of nitrogens with one attached hydrogen (secondary N) is 1. The van der Waals surface area contributed by atoms with E-state index in [-0.39, 0.29) is 17.0 Å². The molecule has 0 unspecified atom stereocenters. The first-order valence-electron chi connectivity index (χ1n) is 10.5. The Balaban J connectivity index is 2.12. The van der Waals surface area contributed by atoms with Crippen LogP contribution >= 0.6 is 0 Å². The molecule has 0 aliphatic heterocycles. The fourth-order valence-corrected chi connectivity index (χ4v) is 3.32. The fourth-order valence-electron chi connectivity index (χ4n) is 3.32. The molecule has 170 valence electrons. The van der Waals surface area contributed by atoms with Crippen LogP contribution in [-0.2, 0) is 9.53 Å². The maximum atomic E-state index is 13.3. The van der Waals surface area contributed by atoms with E-state index in [1.54, 1.807) is 25.4 Å². The SMILES string of the molecule is COCCCNC(=O)C(C#N)=Cc1c(Oc2ccc(C)cc2C)nc2c(C)cccn2c1=O. The smallest absolute Gasteiger partial charge is 0.269 e. The van der Waals surface area contributed by atoms with Crippen LogP contribution in [0.4, 0.5) is 0 Å². The number of fused-ring (bicyclic) bond motifs is 1. The van der Waals surface area contributed by atoms with Crippen LogP contribution in [0.25, 0.3) is 11.7 Å². The van der Waals surface area contributed by atoms with Crippen LogP contribution in [0.3, 0.4) is 0 Å². The van der Waals surface area contributed by atoms with Gasteiger partial charge in [-0.1, -0.05) is 23.8 Å². The summed E-state index contributed by atoms with van der Waals surface area (Å²) in [5.41, 5.74) is 2.51. The number of aryl methyl sites for hydroxylation is 3. The molecule has 1 aromatic carbocycles. The van der Waals surface area contributed by atoms with Crippen molar-refractivity contribution >= 4 is 17.6 Å². The number of nitrogens with zero attached hydrogens (tertiary/aromatic N) is 3. The Morgan fingerprint density at radius 2 is 2.03 bits per heavy atom. The van der Waals surface area contributed by atoms with Gasteiger partial charge >= 0.3 is 0 Å². The van der Waals surface area contributed by atoms with Crippen molar-refractivity contribution in [3.8, 4) is 17.7 Å². The fraction of sp³-hybridized carbons (Fsp3) is 0.280. The van der Waals surface area contributed by atoms with Crippen molar-refractivity contribution in [3.63, 3.8) is 0 Å². The number of pyridine rings is 1. The molecule has 0 radical (unpaired) electrons. The molecular formula is C25H26N4O4.